The van der Waals surface area contributed by atoms with Gasteiger partial charge in [-0.05, 0) is 59.7 Å². The molecule has 1 aliphatic heterocycles. The summed E-state index contributed by atoms with van der Waals surface area (Å²) in [5.74, 6) is -0.675. The first-order valence-corrected chi connectivity index (χ1v) is 11.6. The second kappa shape index (κ2) is 9.39. The summed E-state index contributed by atoms with van der Waals surface area (Å²) < 4.78 is 19.6. The number of carbonyl (C=O) groups is 2. The molecule has 1 unspecified atom stereocenters. The monoisotopic (exact) mass is 488 g/mol. The molecule has 0 aliphatic carbocycles. The number of nitrogens with zero attached hydrogens (tertiary/aromatic N) is 1. The van der Waals surface area contributed by atoms with Crippen LogP contribution in [0.3, 0.4) is 0 Å². The zero-order valence-electron chi connectivity index (χ0n) is 18.9. The number of hydrogen-bond acceptors (Lipinski definition) is 3. The maximum absolute atomic E-state index is 14.3. The van der Waals surface area contributed by atoms with Gasteiger partial charge in [-0.1, -0.05) is 54.1 Å². The lowest BCUT2D eigenvalue weighted by Crippen LogP contribution is -2.39. The van der Waals surface area contributed by atoms with E-state index >= 15 is 0 Å². The van der Waals surface area contributed by atoms with Gasteiger partial charge in [0, 0.05) is 16.3 Å². The van der Waals surface area contributed by atoms with Crippen molar-refractivity contribution in [2.45, 2.75) is 13.0 Å². The van der Waals surface area contributed by atoms with Gasteiger partial charge in [0.15, 0.2) is 0 Å². The zero-order valence-corrected chi connectivity index (χ0v) is 19.7. The molecule has 1 aliphatic rings. The molecule has 0 saturated heterocycles. The summed E-state index contributed by atoms with van der Waals surface area (Å²) in [6.07, 6.45) is 0. The highest BCUT2D eigenvalue weighted by atomic mass is 35.5. The fourth-order valence-electron chi connectivity index (χ4n) is 4.56. The Labute approximate surface area is 207 Å². The largest absolute Gasteiger partial charge is 0.493 e. The van der Waals surface area contributed by atoms with Crippen LogP contribution in [0, 0.1) is 5.82 Å². The first-order valence-electron chi connectivity index (χ1n) is 11.3. The normalized spacial score (nSPS) is 15.3. The Kier molecular flexibility index (Phi) is 6.14. The van der Waals surface area contributed by atoms with Crippen molar-refractivity contribution in [1.29, 1.82) is 0 Å². The summed E-state index contributed by atoms with van der Waals surface area (Å²) in [4.78, 5) is 28.8. The fourth-order valence-corrected chi connectivity index (χ4v) is 4.74. The molecule has 7 heteroatoms. The Morgan fingerprint density at radius 3 is 2.63 bits per heavy atom. The molecule has 0 bridgehead atoms. The highest BCUT2D eigenvalue weighted by molar-refractivity contribution is 6.30. The first-order chi connectivity index (χ1) is 17.0. The SMILES string of the molecule is CCOc1ccc2ccccc2c1C(=O)N1CC(=O)Nc2ccc(Cl)cc2C1c1ccc(F)cc1. The van der Waals surface area contributed by atoms with Crippen LogP contribution in [0.4, 0.5) is 10.1 Å². The summed E-state index contributed by atoms with van der Waals surface area (Å²) in [5.41, 5.74) is 2.21. The average Bonchev–Trinajstić information content (AvgIpc) is 3.00. The molecule has 1 atom stereocenters. The summed E-state index contributed by atoms with van der Waals surface area (Å²) in [6, 6.07) is 21.6. The summed E-state index contributed by atoms with van der Waals surface area (Å²) >= 11 is 6.34. The number of carbonyl (C=O) groups excluding carboxylic acids is 2. The number of rotatable bonds is 4. The van der Waals surface area contributed by atoms with Gasteiger partial charge < -0.3 is 15.0 Å². The minimum absolute atomic E-state index is 0.206. The van der Waals surface area contributed by atoms with Crippen LogP contribution in [-0.4, -0.2) is 29.9 Å². The minimum atomic E-state index is -0.691. The number of fused-ring (bicyclic) bond motifs is 2. The van der Waals surface area contributed by atoms with E-state index in [1.165, 1.54) is 17.0 Å². The third-order valence-corrected chi connectivity index (χ3v) is 6.29. The van der Waals surface area contributed by atoms with Gasteiger partial charge in [-0.25, -0.2) is 4.39 Å². The van der Waals surface area contributed by atoms with Crippen LogP contribution in [0.5, 0.6) is 5.75 Å². The molecule has 0 saturated carbocycles. The van der Waals surface area contributed by atoms with Crippen molar-refractivity contribution in [3.8, 4) is 5.75 Å². The lowest BCUT2D eigenvalue weighted by molar-refractivity contribution is -0.117. The van der Waals surface area contributed by atoms with Crippen molar-refractivity contribution in [1.82, 2.24) is 4.90 Å². The van der Waals surface area contributed by atoms with Crippen molar-refractivity contribution in [2.75, 3.05) is 18.5 Å². The van der Waals surface area contributed by atoms with Crippen LogP contribution in [0.2, 0.25) is 5.02 Å². The van der Waals surface area contributed by atoms with E-state index in [0.29, 0.717) is 39.8 Å². The summed E-state index contributed by atoms with van der Waals surface area (Å²) in [6.45, 7) is 2.02. The van der Waals surface area contributed by atoms with Gasteiger partial charge in [0.2, 0.25) is 5.91 Å². The fraction of sp³-hybridized carbons (Fsp3) is 0.143. The van der Waals surface area contributed by atoms with Crippen LogP contribution < -0.4 is 10.1 Å². The molecule has 5 rings (SSSR count). The van der Waals surface area contributed by atoms with Gasteiger partial charge >= 0.3 is 0 Å². The molecule has 176 valence electrons. The van der Waals surface area contributed by atoms with E-state index in [1.54, 1.807) is 36.4 Å². The lowest BCUT2D eigenvalue weighted by atomic mass is 9.94. The van der Waals surface area contributed by atoms with Crippen molar-refractivity contribution in [2.24, 2.45) is 0 Å². The van der Waals surface area contributed by atoms with E-state index in [1.807, 2.05) is 37.3 Å². The van der Waals surface area contributed by atoms with Gasteiger partial charge in [-0.2, -0.15) is 0 Å². The summed E-state index contributed by atoms with van der Waals surface area (Å²) in [7, 11) is 0. The third-order valence-electron chi connectivity index (χ3n) is 6.06. The lowest BCUT2D eigenvalue weighted by Gasteiger charge is -2.31. The number of hydrogen-bond donors (Lipinski definition) is 1. The number of benzene rings is 4. The van der Waals surface area contributed by atoms with Gasteiger partial charge in [-0.3, -0.25) is 9.59 Å². The molecule has 0 fully saturated rings. The van der Waals surface area contributed by atoms with Crippen LogP contribution in [0.25, 0.3) is 10.8 Å². The highest BCUT2D eigenvalue weighted by Gasteiger charge is 2.36. The Balaban J connectivity index is 1.74. The molecule has 0 radical (unpaired) electrons. The maximum atomic E-state index is 14.3. The molecule has 0 aromatic heterocycles. The Bertz CT molecular complexity index is 1440. The van der Waals surface area contributed by atoms with E-state index in [0.717, 1.165) is 10.8 Å². The van der Waals surface area contributed by atoms with Crippen LogP contribution in [0.1, 0.15) is 34.5 Å². The number of nitrogens with one attached hydrogen (secondary N) is 1. The van der Waals surface area contributed by atoms with Crippen LogP contribution in [-0.2, 0) is 4.79 Å². The molecule has 2 amide bonds. The second-order valence-corrected chi connectivity index (χ2v) is 8.70. The second-order valence-electron chi connectivity index (χ2n) is 8.26. The van der Waals surface area contributed by atoms with Gasteiger partial charge in [0.1, 0.15) is 18.1 Å². The van der Waals surface area contributed by atoms with E-state index in [2.05, 4.69) is 5.32 Å². The van der Waals surface area contributed by atoms with Gasteiger partial charge in [0.05, 0.1) is 18.2 Å². The van der Waals surface area contributed by atoms with Gasteiger partial charge in [-0.15, -0.1) is 0 Å². The number of ether oxygens (including phenoxy) is 1. The molecular weight excluding hydrogens is 467 g/mol. The average molecular weight is 489 g/mol. The maximum Gasteiger partial charge on any atom is 0.259 e. The quantitative estimate of drug-likeness (QED) is 0.371. The number of halogens is 2. The van der Waals surface area contributed by atoms with Crippen LogP contribution in [0.15, 0.2) is 78.9 Å². The highest BCUT2D eigenvalue weighted by Crippen LogP contribution is 2.40. The smallest absolute Gasteiger partial charge is 0.259 e. The van der Waals surface area contributed by atoms with Crippen molar-refractivity contribution in [3.63, 3.8) is 0 Å². The molecule has 5 nitrogen and oxygen atoms in total. The van der Waals surface area contributed by atoms with E-state index in [9.17, 15) is 14.0 Å². The van der Waals surface area contributed by atoms with E-state index in [4.69, 9.17) is 16.3 Å². The molecule has 0 spiro atoms. The Morgan fingerprint density at radius 2 is 1.86 bits per heavy atom. The van der Waals surface area contributed by atoms with Crippen molar-refractivity contribution >= 4 is 39.9 Å². The zero-order chi connectivity index (χ0) is 24.5. The Morgan fingerprint density at radius 1 is 1.09 bits per heavy atom. The molecule has 1 N–H and O–H groups in total. The van der Waals surface area contributed by atoms with Crippen LogP contribution >= 0.6 is 11.6 Å². The van der Waals surface area contributed by atoms with E-state index in [-0.39, 0.29) is 18.4 Å². The predicted molar refractivity (Wildman–Crippen MR) is 134 cm³/mol. The number of anilines is 1. The molecule has 35 heavy (non-hydrogen) atoms. The molecule has 4 aromatic rings. The van der Waals surface area contributed by atoms with Crippen molar-refractivity contribution < 1.29 is 18.7 Å². The van der Waals surface area contributed by atoms with E-state index < -0.39 is 11.9 Å². The molecule has 1 heterocycles. The standard InChI is InChI=1S/C28H22ClFN2O3/c1-2-35-24-14-9-17-5-3-4-6-21(17)26(24)28(34)32-16-25(33)31-23-13-10-19(29)15-22(23)27(32)18-7-11-20(30)12-8-18/h3-15,27H,2,16H2,1H3,(H,31,33). The molecule has 4 aromatic carbocycles. The summed E-state index contributed by atoms with van der Waals surface area (Å²) in [5, 5.41) is 4.93. The Hall–Kier alpha value is -3.90. The number of amides is 2. The third kappa shape index (κ3) is 4.33. The van der Waals surface area contributed by atoms with Gasteiger partial charge in [0.25, 0.3) is 5.91 Å². The predicted octanol–water partition coefficient (Wildman–Crippen LogP) is 6.21. The topological polar surface area (TPSA) is 58.6 Å². The first kappa shape index (κ1) is 22.9. The van der Waals surface area contributed by atoms with Crippen molar-refractivity contribution in [3.05, 3.63) is 106 Å². The minimum Gasteiger partial charge on any atom is -0.493 e. The molecular formula is C28H22ClFN2O3.